The fourth-order valence-electron chi connectivity index (χ4n) is 2.64. The van der Waals surface area contributed by atoms with Crippen molar-refractivity contribution in [3.05, 3.63) is 65.4 Å². The van der Waals surface area contributed by atoms with Gasteiger partial charge in [-0.1, -0.05) is 35.9 Å². The Balaban J connectivity index is 1.93. The molecular formula is C18H18O3. The summed E-state index contributed by atoms with van der Waals surface area (Å²) in [5.41, 5.74) is 3.75. The number of ether oxygens (including phenoxy) is 1. The van der Waals surface area contributed by atoms with E-state index in [1.807, 2.05) is 49.4 Å². The second-order valence-corrected chi connectivity index (χ2v) is 5.22. The summed E-state index contributed by atoms with van der Waals surface area (Å²) in [4.78, 5) is 0. The quantitative estimate of drug-likeness (QED) is 0.785. The summed E-state index contributed by atoms with van der Waals surface area (Å²) >= 11 is 0. The molecule has 0 amide bonds. The van der Waals surface area contributed by atoms with E-state index >= 15 is 0 Å². The Labute approximate surface area is 123 Å². The van der Waals surface area contributed by atoms with Gasteiger partial charge in [-0.25, -0.2) is 0 Å². The molecule has 3 heteroatoms. The second kappa shape index (κ2) is 5.62. The summed E-state index contributed by atoms with van der Waals surface area (Å²) in [6, 6.07) is 13.7. The first-order valence-corrected chi connectivity index (χ1v) is 6.96. The number of methoxy groups -OCH3 is 1. The van der Waals surface area contributed by atoms with E-state index in [2.05, 4.69) is 0 Å². The fraction of sp³-hybridized carbons (Fsp3) is 0.222. The van der Waals surface area contributed by atoms with Gasteiger partial charge >= 0.3 is 0 Å². The number of fused-ring (bicyclic) bond motifs is 1. The molecule has 21 heavy (non-hydrogen) atoms. The van der Waals surface area contributed by atoms with Crippen molar-refractivity contribution in [2.75, 3.05) is 7.11 Å². The molecule has 0 aliphatic carbocycles. The van der Waals surface area contributed by atoms with Crippen molar-refractivity contribution in [1.29, 1.82) is 0 Å². The molecule has 2 aromatic carbocycles. The fourth-order valence-corrected chi connectivity index (χ4v) is 2.64. The lowest BCUT2D eigenvalue weighted by Gasteiger charge is -2.13. The molecule has 1 aromatic heterocycles. The van der Waals surface area contributed by atoms with Gasteiger partial charge in [0.25, 0.3) is 0 Å². The van der Waals surface area contributed by atoms with E-state index in [1.54, 1.807) is 13.4 Å². The normalized spacial score (nSPS) is 12.5. The van der Waals surface area contributed by atoms with Crippen molar-refractivity contribution in [1.82, 2.24) is 0 Å². The molecule has 0 spiro atoms. The Kier molecular flexibility index (Phi) is 3.67. The average molecular weight is 282 g/mol. The topological polar surface area (TPSA) is 42.6 Å². The first-order valence-electron chi connectivity index (χ1n) is 6.96. The standard InChI is InChI=1S/C18H18O3/c1-12-7-8-17(20-2)13(9-12)10-16(19)15-11-21-18-6-4-3-5-14(15)18/h3-9,11,16,19H,10H2,1-2H3. The molecule has 1 N–H and O–H groups in total. The van der Waals surface area contributed by atoms with Crippen LogP contribution in [0.2, 0.25) is 0 Å². The maximum Gasteiger partial charge on any atom is 0.134 e. The van der Waals surface area contributed by atoms with E-state index in [9.17, 15) is 5.11 Å². The third-order valence-electron chi connectivity index (χ3n) is 3.72. The Morgan fingerprint density at radius 3 is 2.81 bits per heavy atom. The van der Waals surface area contributed by atoms with Crippen molar-refractivity contribution in [2.24, 2.45) is 0 Å². The first kappa shape index (κ1) is 13.7. The zero-order valence-electron chi connectivity index (χ0n) is 12.2. The molecule has 3 aromatic rings. The van der Waals surface area contributed by atoms with Crippen LogP contribution in [-0.2, 0) is 6.42 Å². The van der Waals surface area contributed by atoms with E-state index in [0.29, 0.717) is 6.42 Å². The third kappa shape index (κ3) is 2.65. The average Bonchev–Trinajstić information content (AvgIpc) is 2.91. The van der Waals surface area contributed by atoms with Gasteiger partial charge in [0.1, 0.15) is 11.3 Å². The number of aliphatic hydroxyl groups excluding tert-OH is 1. The maximum atomic E-state index is 10.6. The number of furan rings is 1. The van der Waals surface area contributed by atoms with Crippen molar-refractivity contribution >= 4 is 11.0 Å². The zero-order chi connectivity index (χ0) is 14.8. The Hall–Kier alpha value is -2.26. The lowest BCUT2D eigenvalue weighted by molar-refractivity contribution is 0.177. The molecule has 108 valence electrons. The lowest BCUT2D eigenvalue weighted by atomic mass is 9.99. The smallest absolute Gasteiger partial charge is 0.134 e. The Morgan fingerprint density at radius 2 is 2.00 bits per heavy atom. The van der Waals surface area contributed by atoms with Crippen LogP contribution in [-0.4, -0.2) is 12.2 Å². The van der Waals surface area contributed by atoms with Crippen LogP contribution < -0.4 is 4.74 Å². The van der Waals surface area contributed by atoms with Gasteiger partial charge in [0, 0.05) is 17.4 Å². The highest BCUT2D eigenvalue weighted by atomic mass is 16.5. The van der Waals surface area contributed by atoms with E-state index in [4.69, 9.17) is 9.15 Å². The second-order valence-electron chi connectivity index (χ2n) is 5.22. The molecule has 0 aliphatic heterocycles. The van der Waals surface area contributed by atoms with Crippen LogP contribution in [0.15, 0.2) is 53.1 Å². The zero-order valence-corrected chi connectivity index (χ0v) is 12.2. The minimum Gasteiger partial charge on any atom is -0.496 e. The van der Waals surface area contributed by atoms with Gasteiger partial charge in [-0.05, 0) is 24.6 Å². The number of hydrogen-bond acceptors (Lipinski definition) is 3. The molecule has 0 radical (unpaired) electrons. The van der Waals surface area contributed by atoms with Crippen LogP contribution >= 0.6 is 0 Å². The minimum atomic E-state index is -0.621. The Morgan fingerprint density at radius 1 is 1.19 bits per heavy atom. The molecule has 0 aliphatic rings. The van der Waals surface area contributed by atoms with E-state index in [0.717, 1.165) is 33.4 Å². The number of para-hydroxylation sites is 1. The van der Waals surface area contributed by atoms with E-state index in [-0.39, 0.29) is 0 Å². The molecule has 1 unspecified atom stereocenters. The number of aliphatic hydroxyl groups is 1. The van der Waals surface area contributed by atoms with Gasteiger partial charge in [-0.2, -0.15) is 0 Å². The molecule has 0 fully saturated rings. The predicted molar refractivity (Wildman–Crippen MR) is 82.6 cm³/mol. The molecule has 0 bridgehead atoms. The van der Waals surface area contributed by atoms with Crippen molar-refractivity contribution < 1.29 is 14.3 Å². The molecule has 1 atom stereocenters. The SMILES string of the molecule is COc1ccc(C)cc1CC(O)c1coc2ccccc12. The molecule has 1 heterocycles. The van der Waals surface area contributed by atoms with Crippen molar-refractivity contribution in [2.45, 2.75) is 19.4 Å². The summed E-state index contributed by atoms with van der Waals surface area (Å²) in [5, 5.41) is 11.5. The summed E-state index contributed by atoms with van der Waals surface area (Å²) in [6.45, 7) is 2.03. The monoisotopic (exact) mass is 282 g/mol. The highest BCUT2D eigenvalue weighted by Crippen LogP contribution is 2.31. The van der Waals surface area contributed by atoms with E-state index in [1.165, 1.54) is 0 Å². The largest absolute Gasteiger partial charge is 0.496 e. The van der Waals surface area contributed by atoms with Gasteiger partial charge < -0.3 is 14.3 Å². The number of rotatable bonds is 4. The summed E-state index contributed by atoms with van der Waals surface area (Å²) in [6.07, 6.45) is 1.51. The maximum absolute atomic E-state index is 10.6. The highest BCUT2D eigenvalue weighted by molar-refractivity contribution is 5.81. The summed E-state index contributed by atoms with van der Waals surface area (Å²) in [5.74, 6) is 0.799. The lowest BCUT2D eigenvalue weighted by Crippen LogP contribution is -2.03. The molecule has 3 nitrogen and oxygen atoms in total. The number of benzene rings is 2. The predicted octanol–water partition coefficient (Wildman–Crippen LogP) is 4.03. The number of hydrogen-bond donors (Lipinski definition) is 1. The van der Waals surface area contributed by atoms with Gasteiger partial charge in [-0.15, -0.1) is 0 Å². The molecule has 0 saturated carbocycles. The van der Waals surface area contributed by atoms with Crippen LogP contribution in [0.5, 0.6) is 5.75 Å². The highest BCUT2D eigenvalue weighted by Gasteiger charge is 2.17. The van der Waals surface area contributed by atoms with Gasteiger partial charge in [0.05, 0.1) is 19.5 Å². The van der Waals surface area contributed by atoms with Crippen LogP contribution in [0.25, 0.3) is 11.0 Å². The number of aryl methyl sites for hydroxylation is 1. The van der Waals surface area contributed by atoms with Crippen LogP contribution in [0.4, 0.5) is 0 Å². The van der Waals surface area contributed by atoms with Crippen LogP contribution in [0, 0.1) is 6.92 Å². The van der Waals surface area contributed by atoms with Crippen molar-refractivity contribution in [3.8, 4) is 5.75 Å². The first-order chi connectivity index (χ1) is 10.2. The van der Waals surface area contributed by atoms with Crippen LogP contribution in [0.3, 0.4) is 0 Å². The van der Waals surface area contributed by atoms with Crippen LogP contribution in [0.1, 0.15) is 22.8 Å². The van der Waals surface area contributed by atoms with Gasteiger partial charge in [-0.3, -0.25) is 0 Å². The summed E-state index contributed by atoms with van der Waals surface area (Å²) < 4.78 is 10.9. The molecule has 3 rings (SSSR count). The summed E-state index contributed by atoms with van der Waals surface area (Å²) in [7, 11) is 1.65. The molecule has 0 saturated heterocycles. The third-order valence-corrected chi connectivity index (χ3v) is 3.72. The van der Waals surface area contributed by atoms with E-state index < -0.39 is 6.10 Å². The van der Waals surface area contributed by atoms with Gasteiger partial charge in [0.15, 0.2) is 0 Å². The van der Waals surface area contributed by atoms with Gasteiger partial charge in [0.2, 0.25) is 0 Å². The van der Waals surface area contributed by atoms with Crippen molar-refractivity contribution in [3.63, 3.8) is 0 Å². The molecular weight excluding hydrogens is 264 g/mol. The Bertz CT molecular complexity index is 758. The minimum absolute atomic E-state index is 0.494.